The maximum absolute atomic E-state index is 12.6. The first-order valence-corrected chi connectivity index (χ1v) is 9.75. The minimum absolute atomic E-state index is 0.185. The summed E-state index contributed by atoms with van der Waals surface area (Å²) in [5.41, 5.74) is 3.55. The molecule has 1 amide bonds. The van der Waals surface area contributed by atoms with E-state index >= 15 is 0 Å². The Bertz CT molecular complexity index is 1140. The van der Waals surface area contributed by atoms with Crippen molar-refractivity contribution in [1.29, 1.82) is 0 Å². The van der Waals surface area contributed by atoms with Crippen LogP contribution in [0.15, 0.2) is 65.4 Å². The maximum atomic E-state index is 12.6. The van der Waals surface area contributed by atoms with Gasteiger partial charge in [-0.15, -0.1) is 0 Å². The minimum Gasteiger partial charge on any atom is -0.487 e. The van der Waals surface area contributed by atoms with Gasteiger partial charge in [0.1, 0.15) is 12.4 Å². The molecule has 0 fully saturated rings. The number of rotatable bonds is 7. The Morgan fingerprint density at radius 2 is 1.97 bits per heavy atom. The molecule has 152 valence electrons. The predicted molar refractivity (Wildman–Crippen MR) is 112 cm³/mol. The fourth-order valence-electron chi connectivity index (χ4n) is 3.02. The number of fused-ring (bicyclic) bond motifs is 1. The maximum Gasteiger partial charge on any atom is 0.257 e. The summed E-state index contributed by atoms with van der Waals surface area (Å²) in [7, 11) is 0. The van der Waals surface area contributed by atoms with E-state index in [1.807, 2.05) is 56.3 Å². The van der Waals surface area contributed by atoms with E-state index < -0.39 is 0 Å². The van der Waals surface area contributed by atoms with Crippen LogP contribution in [0, 0.1) is 0 Å². The first-order chi connectivity index (χ1) is 14.6. The number of pyridine rings is 2. The highest BCUT2D eigenvalue weighted by molar-refractivity contribution is 5.97. The number of carbonyl (C=O) groups excluding carboxylic acids is 1. The molecule has 3 aromatic heterocycles. The first kappa shape index (κ1) is 19.6. The van der Waals surface area contributed by atoms with Crippen LogP contribution in [-0.4, -0.2) is 21.0 Å². The second-order valence-corrected chi connectivity index (χ2v) is 7.24. The summed E-state index contributed by atoms with van der Waals surface area (Å²) in [6, 6.07) is 15.1. The minimum atomic E-state index is -0.198. The van der Waals surface area contributed by atoms with Crippen LogP contribution >= 0.6 is 0 Å². The van der Waals surface area contributed by atoms with Gasteiger partial charge in [-0.1, -0.05) is 37.2 Å². The molecular formula is C23H22N4O3. The number of hydrogen-bond donors (Lipinski definition) is 1. The lowest BCUT2D eigenvalue weighted by atomic mass is 10.1. The van der Waals surface area contributed by atoms with E-state index in [2.05, 4.69) is 20.4 Å². The summed E-state index contributed by atoms with van der Waals surface area (Å²) in [4.78, 5) is 21.0. The molecule has 0 radical (unpaired) electrons. The number of carbonyl (C=O) groups is 1. The van der Waals surface area contributed by atoms with Gasteiger partial charge in [0.15, 0.2) is 0 Å². The number of ether oxygens (including phenoxy) is 1. The zero-order valence-corrected chi connectivity index (χ0v) is 16.8. The van der Waals surface area contributed by atoms with Crippen LogP contribution in [0.5, 0.6) is 5.75 Å². The molecule has 0 aliphatic rings. The number of hydrogen-bond acceptors (Lipinski definition) is 6. The van der Waals surface area contributed by atoms with Gasteiger partial charge in [0.05, 0.1) is 22.3 Å². The summed E-state index contributed by atoms with van der Waals surface area (Å²) in [5.74, 6) is 0.736. The van der Waals surface area contributed by atoms with Crippen LogP contribution in [0.1, 0.15) is 47.1 Å². The van der Waals surface area contributed by atoms with Crippen LogP contribution in [0.4, 0.5) is 0 Å². The highest BCUT2D eigenvalue weighted by Crippen LogP contribution is 2.24. The van der Waals surface area contributed by atoms with Gasteiger partial charge in [-0.3, -0.25) is 9.78 Å². The molecule has 1 aromatic carbocycles. The molecule has 30 heavy (non-hydrogen) atoms. The molecule has 0 saturated carbocycles. The van der Waals surface area contributed by atoms with Crippen molar-refractivity contribution in [3.8, 4) is 5.75 Å². The Hall–Kier alpha value is -3.74. The van der Waals surface area contributed by atoms with Gasteiger partial charge in [-0.25, -0.2) is 4.98 Å². The fraction of sp³-hybridized carbons (Fsp3) is 0.217. The lowest BCUT2D eigenvalue weighted by Gasteiger charge is -2.08. The molecule has 4 rings (SSSR count). The van der Waals surface area contributed by atoms with Crippen molar-refractivity contribution < 1.29 is 14.1 Å². The lowest BCUT2D eigenvalue weighted by molar-refractivity contribution is 0.0950. The number of nitrogens with one attached hydrogen (secondary N) is 1. The zero-order valence-electron chi connectivity index (χ0n) is 16.8. The van der Waals surface area contributed by atoms with E-state index in [9.17, 15) is 4.79 Å². The van der Waals surface area contributed by atoms with Gasteiger partial charge in [0.2, 0.25) is 0 Å². The van der Waals surface area contributed by atoms with Gasteiger partial charge >= 0.3 is 0 Å². The second-order valence-electron chi connectivity index (χ2n) is 7.24. The molecule has 0 bridgehead atoms. The average molecular weight is 402 g/mol. The lowest BCUT2D eigenvalue weighted by Crippen LogP contribution is -2.22. The SMILES string of the molecule is CC(C)c1noc2ncc(C(=O)NCc3ccc(OCc4ccccn4)cc3)cc12. The summed E-state index contributed by atoms with van der Waals surface area (Å²) in [5, 5.41) is 7.73. The Balaban J connectivity index is 1.35. The summed E-state index contributed by atoms with van der Waals surface area (Å²) in [6.45, 7) is 4.85. The quantitative estimate of drug-likeness (QED) is 0.497. The molecule has 0 saturated heterocycles. The molecule has 0 unspecified atom stereocenters. The first-order valence-electron chi connectivity index (χ1n) is 9.75. The van der Waals surface area contributed by atoms with E-state index in [1.165, 1.54) is 6.20 Å². The van der Waals surface area contributed by atoms with Crippen molar-refractivity contribution in [2.45, 2.75) is 32.9 Å². The van der Waals surface area contributed by atoms with Crippen molar-refractivity contribution in [3.63, 3.8) is 0 Å². The number of aromatic nitrogens is 3. The largest absolute Gasteiger partial charge is 0.487 e. The molecule has 4 aromatic rings. The molecule has 7 nitrogen and oxygen atoms in total. The third kappa shape index (κ3) is 4.46. The van der Waals surface area contributed by atoms with E-state index in [0.717, 1.165) is 28.1 Å². The van der Waals surface area contributed by atoms with Crippen molar-refractivity contribution in [2.24, 2.45) is 0 Å². The average Bonchev–Trinajstić information content (AvgIpc) is 3.21. The van der Waals surface area contributed by atoms with Gasteiger partial charge in [-0.2, -0.15) is 0 Å². The Morgan fingerprint density at radius 3 is 2.70 bits per heavy atom. The number of amides is 1. The summed E-state index contributed by atoms with van der Waals surface area (Å²) in [6.07, 6.45) is 3.24. The molecule has 3 heterocycles. The topological polar surface area (TPSA) is 90.1 Å². The number of nitrogens with zero attached hydrogens (tertiary/aromatic N) is 3. The van der Waals surface area contributed by atoms with Crippen molar-refractivity contribution in [2.75, 3.05) is 0 Å². The third-order valence-electron chi connectivity index (χ3n) is 4.66. The molecular weight excluding hydrogens is 380 g/mol. The summed E-state index contributed by atoms with van der Waals surface area (Å²) >= 11 is 0. The van der Waals surface area contributed by atoms with Gasteiger partial charge < -0.3 is 14.6 Å². The smallest absolute Gasteiger partial charge is 0.257 e. The van der Waals surface area contributed by atoms with E-state index in [4.69, 9.17) is 9.26 Å². The van der Waals surface area contributed by atoms with Crippen molar-refractivity contribution in [3.05, 3.63) is 83.4 Å². The van der Waals surface area contributed by atoms with Gasteiger partial charge in [0, 0.05) is 18.9 Å². The van der Waals surface area contributed by atoms with Crippen LogP contribution < -0.4 is 10.1 Å². The standard InChI is InChI=1S/C23H22N4O3/c1-15(2)21-20-11-17(13-26-23(20)30-27-21)22(28)25-12-16-6-8-19(9-7-16)29-14-18-5-3-4-10-24-18/h3-11,13,15H,12,14H2,1-2H3,(H,25,28). The highest BCUT2D eigenvalue weighted by Gasteiger charge is 2.15. The zero-order chi connectivity index (χ0) is 20.9. The normalized spacial score (nSPS) is 11.0. The molecule has 0 aliphatic heterocycles. The third-order valence-corrected chi connectivity index (χ3v) is 4.66. The molecule has 1 N–H and O–H groups in total. The van der Waals surface area contributed by atoms with E-state index in [0.29, 0.717) is 24.4 Å². The number of benzene rings is 1. The van der Waals surface area contributed by atoms with E-state index in [-0.39, 0.29) is 11.8 Å². The Morgan fingerprint density at radius 1 is 1.13 bits per heavy atom. The van der Waals surface area contributed by atoms with Crippen LogP contribution in [0.2, 0.25) is 0 Å². The fourth-order valence-corrected chi connectivity index (χ4v) is 3.02. The summed E-state index contributed by atoms with van der Waals surface area (Å²) < 4.78 is 11.0. The highest BCUT2D eigenvalue weighted by atomic mass is 16.5. The van der Waals surface area contributed by atoms with Crippen LogP contribution in [-0.2, 0) is 13.2 Å². The molecule has 7 heteroatoms. The Labute approximate surface area is 174 Å². The van der Waals surface area contributed by atoms with Gasteiger partial charge in [-0.05, 0) is 41.8 Å². The van der Waals surface area contributed by atoms with Gasteiger partial charge in [0.25, 0.3) is 11.6 Å². The monoisotopic (exact) mass is 402 g/mol. The van der Waals surface area contributed by atoms with E-state index in [1.54, 1.807) is 12.3 Å². The van der Waals surface area contributed by atoms with Crippen LogP contribution in [0.3, 0.4) is 0 Å². The van der Waals surface area contributed by atoms with Crippen LogP contribution in [0.25, 0.3) is 11.1 Å². The second kappa shape index (κ2) is 8.73. The predicted octanol–water partition coefficient (Wildman–Crippen LogP) is 4.25. The molecule has 0 spiro atoms. The van der Waals surface area contributed by atoms with Crippen molar-refractivity contribution >= 4 is 17.0 Å². The Kier molecular flexibility index (Phi) is 5.70. The molecule has 0 aliphatic carbocycles. The molecule has 0 atom stereocenters. The van der Waals surface area contributed by atoms with Crippen molar-refractivity contribution in [1.82, 2.24) is 20.4 Å².